The number of aromatic nitrogens is 3. The van der Waals surface area contributed by atoms with Gasteiger partial charge in [0, 0.05) is 29.2 Å². The van der Waals surface area contributed by atoms with E-state index in [0.717, 1.165) is 39.1 Å². The molecular formula is C34H29N3OPt. The Bertz CT molecular complexity index is 1760. The second-order valence-electron chi connectivity index (χ2n) is 10.1. The zero-order valence-corrected chi connectivity index (χ0v) is 24.7. The summed E-state index contributed by atoms with van der Waals surface area (Å²) in [5.41, 5.74) is 6.40. The summed E-state index contributed by atoms with van der Waals surface area (Å²) in [6.45, 7) is 8.88. The van der Waals surface area contributed by atoms with Crippen molar-refractivity contribution in [1.82, 2.24) is 14.5 Å². The molecule has 0 bridgehead atoms. The molecule has 39 heavy (non-hydrogen) atoms. The van der Waals surface area contributed by atoms with Crippen molar-refractivity contribution in [2.24, 2.45) is 0 Å². The number of fused-ring (bicyclic) bond motifs is 3. The molecule has 3 aromatic carbocycles. The maximum absolute atomic E-state index is 5.94. The fourth-order valence-electron chi connectivity index (χ4n) is 5.02. The summed E-state index contributed by atoms with van der Waals surface area (Å²) in [4.78, 5) is 9.47. The second kappa shape index (κ2) is 11.2. The number of pyridine rings is 2. The van der Waals surface area contributed by atoms with E-state index in [1.807, 2.05) is 36.4 Å². The molecule has 4 nitrogen and oxygen atoms in total. The van der Waals surface area contributed by atoms with Gasteiger partial charge < -0.3 is 9.30 Å². The number of benzene rings is 3. The van der Waals surface area contributed by atoms with Gasteiger partial charge in [-0.2, -0.15) is 24.3 Å². The Labute approximate surface area is 244 Å². The van der Waals surface area contributed by atoms with Gasteiger partial charge in [-0.15, -0.1) is 18.2 Å². The van der Waals surface area contributed by atoms with Crippen LogP contribution < -0.4 is 4.74 Å². The topological polar surface area (TPSA) is 39.9 Å². The fourth-order valence-corrected chi connectivity index (χ4v) is 5.02. The third-order valence-corrected chi connectivity index (χ3v) is 6.84. The molecular weight excluding hydrogens is 661 g/mol. The maximum Gasteiger partial charge on any atom is 2.00 e. The van der Waals surface area contributed by atoms with Crippen LogP contribution in [-0.2, 0) is 21.1 Å². The number of hydrogen-bond donors (Lipinski definition) is 0. The number of para-hydroxylation sites is 1. The summed E-state index contributed by atoms with van der Waals surface area (Å²) in [5.74, 6) is 2.81. The zero-order chi connectivity index (χ0) is 26.2. The van der Waals surface area contributed by atoms with E-state index in [4.69, 9.17) is 9.72 Å². The molecule has 5 heteroatoms. The van der Waals surface area contributed by atoms with Crippen molar-refractivity contribution in [2.45, 2.75) is 39.5 Å². The van der Waals surface area contributed by atoms with Crippen LogP contribution in [-0.4, -0.2) is 14.5 Å². The number of rotatable bonds is 6. The minimum absolute atomic E-state index is 0. The maximum atomic E-state index is 5.94. The SMILES string of the molecule is CC(C)c1ccc(-n2c3[c-]c(-c4[c-]c(Oc5ccccn5)ccc4)ccc3c3ccccc32)nc1C(C)C.[Pt+2]. The number of hydrogen-bond acceptors (Lipinski definition) is 3. The van der Waals surface area contributed by atoms with Gasteiger partial charge in [-0.1, -0.05) is 63.4 Å². The van der Waals surface area contributed by atoms with E-state index >= 15 is 0 Å². The molecule has 0 aliphatic heterocycles. The quantitative estimate of drug-likeness (QED) is 0.164. The van der Waals surface area contributed by atoms with Crippen molar-refractivity contribution in [3.05, 3.63) is 115 Å². The van der Waals surface area contributed by atoms with Crippen molar-refractivity contribution in [3.63, 3.8) is 0 Å². The summed E-state index contributed by atoms with van der Waals surface area (Å²) in [7, 11) is 0. The average molecular weight is 691 g/mol. The smallest absolute Gasteiger partial charge is 0.460 e. The van der Waals surface area contributed by atoms with Crippen molar-refractivity contribution in [1.29, 1.82) is 0 Å². The Morgan fingerprint density at radius 2 is 1.51 bits per heavy atom. The Morgan fingerprint density at radius 1 is 0.718 bits per heavy atom. The molecule has 0 aliphatic rings. The van der Waals surface area contributed by atoms with E-state index < -0.39 is 0 Å². The first-order valence-corrected chi connectivity index (χ1v) is 13.1. The van der Waals surface area contributed by atoms with Crippen molar-refractivity contribution < 1.29 is 25.8 Å². The van der Waals surface area contributed by atoms with Gasteiger partial charge in [-0.05, 0) is 46.5 Å². The molecule has 6 rings (SSSR count). The van der Waals surface area contributed by atoms with Crippen LogP contribution in [0.25, 0.3) is 38.8 Å². The molecule has 0 unspecified atom stereocenters. The molecule has 196 valence electrons. The van der Waals surface area contributed by atoms with E-state index in [1.54, 1.807) is 6.20 Å². The second-order valence-corrected chi connectivity index (χ2v) is 10.1. The van der Waals surface area contributed by atoms with Gasteiger partial charge in [0.05, 0.1) is 0 Å². The van der Waals surface area contributed by atoms with E-state index in [-0.39, 0.29) is 21.1 Å². The molecule has 0 saturated carbocycles. The first-order valence-electron chi connectivity index (χ1n) is 13.1. The summed E-state index contributed by atoms with van der Waals surface area (Å²) in [6.07, 6.45) is 1.71. The van der Waals surface area contributed by atoms with Crippen LogP contribution in [0.15, 0.2) is 91.1 Å². The Hall–Kier alpha value is -3.75. The molecule has 0 atom stereocenters. The van der Waals surface area contributed by atoms with Crippen LogP contribution in [0.4, 0.5) is 0 Å². The standard InChI is InChI=1S/C34H29N3O.Pt/c1-22(2)27-17-18-32(36-34(27)23(3)4)37-30-13-6-5-12-28(30)29-16-15-25(21-31(29)37)24-10-9-11-26(20-24)38-33-14-7-8-19-35-33;/h5-19,22-23H,1-4H3;/q-2;+2. The Kier molecular flexibility index (Phi) is 7.68. The third-order valence-electron chi connectivity index (χ3n) is 6.84. The molecule has 0 N–H and O–H groups in total. The van der Waals surface area contributed by atoms with Crippen molar-refractivity contribution in [2.75, 3.05) is 0 Å². The van der Waals surface area contributed by atoms with Crippen LogP contribution >= 0.6 is 0 Å². The predicted octanol–water partition coefficient (Wildman–Crippen LogP) is 8.88. The fraction of sp³-hybridized carbons (Fsp3) is 0.176. The van der Waals surface area contributed by atoms with Gasteiger partial charge in [-0.3, -0.25) is 0 Å². The normalized spacial score (nSPS) is 11.3. The summed E-state index contributed by atoms with van der Waals surface area (Å²) in [5, 5.41) is 2.33. The van der Waals surface area contributed by atoms with Gasteiger partial charge in [0.2, 0.25) is 5.88 Å². The van der Waals surface area contributed by atoms with Crippen LogP contribution in [0.1, 0.15) is 50.8 Å². The van der Waals surface area contributed by atoms with E-state index in [0.29, 0.717) is 23.5 Å². The monoisotopic (exact) mass is 690 g/mol. The summed E-state index contributed by atoms with van der Waals surface area (Å²) >= 11 is 0. The number of ether oxygens (including phenoxy) is 1. The van der Waals surface area contributed by atoms with Crippen LogP contribution in [0.3, 0.4) is 0 Å². The molecule has 6 aromatic rings. The van der Waals surface area contributed by atoms with Crippen LogP contribution in [0, 0.1) is 12.1 Å². The predicted molar refractivity (Wildman–Crippen MR) is 154 cm³/mol. The molecule has 0 spiro atoms. The molecule has 0 saturated heterocycles. The van der Waals surface area contributed by atoms with E-state index in [9.17, 15) is 0 Å². The molecule has 3 aromatic heterocycles. The van der Waals surface area contributed by atoms with Gasteiger partial charge in [0.15, 0.2) is 0 Å². The van der Waals surface area contributed by atoms with Gasteiger partial charge in [0.1, 0.15) is 5.82 Å². The van der Waals surface area contributed by atoms with Gasteiger partial charge >= 0.3 is 21.1 Å². The van der Waals surface area contributed by atoms with E-state index in [1.165, 1.54) is 10.9 Å². The van der Waals surface area contributed by atoms with Crippen molar-refractivity contribution in [3.8, 4) is 28.6 Å². The molecule has 3 heterocycles. The van der Waals surface area contributed by atoms with Crippen LogP contribution in [0.2, 0.25) is 0 Å². The summed E-state index contributed by atoms with van der Waals surface area (Å²) in [6, 6.07) is 35.7. The van der Waals surface area contributed by atoms with Gasteiger partial charge in [0.25, 0.3) is 0 Å². The minimum Gasteiger partial charge on any atom is -0.460 e. The molecule has 0 aliphatic carbocycles. The van der Waals surface area contributed by atoms with Crippen molar-refractivity contribution >= 4 is 21.8 Å². The third kappa shape index (κ3) is 5.14. The summed E-state index contributed by atoms with van der Waals surface area (Å²) < 4.78 is 8.17. The van der Waals surface area contributed by atoms with Crippen LogP contribution in [0.5, 0.6) is 11.6 Å². The minimum atomic E-state index is 0. The zero-order valence-electron chi connectivity index (χ0n) is 22.4. The largest absolute Gasteiger partial charge is 2.00 e. The Morgan fingerprint density at radius 3 is 2.28 bits per heavy atom. The first-order chi connectivity index (χ1) is 18.5. The first kappa shape index (κ1) is 26.8. The van der Waals surface area contributed by atoms with E-state index in [2.05, 4.69) is 97.9 Å². The van der Waals surface area contributed by atoms with Gasteiger partial charge in [-0.25, -0.2) is 21.1 Å². The number of nitrogens with zero attached hydrogens (tertiary/aromatic N) is 3. The molecule has 0 fully saturated rings. The molecule has 0 amide bonds. The molecule has 0 radical (unpaired) electrons. The average Bonchev–Trinajstić information content (AvgIpc) is 3.27. The Balaban J connectivity index is 0.00000308.